The Hall–Kier alpha value is -4.86. The number of benzene rings is 1. The molecular formula is C23H19F2N7O4. The Labute approximate surface area is 202 Å². The molecule has 0 aliphatic heterocycles. The van der Waals surface area contributed by atoms with Gasteiger partial charge in [0.1, 0.15) is 17.8 Å². The predicted octanol–water partition coefficient (Wildman–Crippen LogP) is 3.13. The monoisotopic (exact) mass is 495 g/mol. The molecule has 0 unspecified atom stereocenters. The van der Waals surface area contributed by atoms with E-state index in [1.54, 1.807) is 31.2 Å². The maximum absolute atomic E-state index is 13.3. The van der Waals surface area contributed by atoms with E-state index in [1.165, 1.54) is 19.4 Å². The number of hydrogen-bond donors (Lipinski definition) is 2. The third-order valence-corrected chi connectivity index (χ3v) is 5.71. The highest BCUT2D eigenvalue weighted by Crippen LogP contribution is 2.39. The molecule has 1 aromatic carbocycles. The van der Waals surface area contributed by atoms with Crippen LogP contribution >= 0.6 is 0 Å². The van der Waals surface area contributed by atoms with Crippen LogP contribution in [0.25, 0.3) is 0 Å². The molecule has 3 heterocycles. The van der Waals surface area contributed by atoms with E-state index < -0.39 is 41.3 Å². The third kappa shape index (κ3) is 4.43. The van der Waals surface area contributed by atoms with Gasteiger partial charge in [0.2, 0.25) is 5.75 Å². The Morgan fingerprint density at radius 1 is 1.28 bits per heavy atom. The van der Waals surface area contributed by atoms with Gasteiger partial charge in [0, 0.05) is 25.1 Å². The Balaban J connectivity index is 1.86. The van der Waals surface area contributed by atoms with Crippen LogP contribution in [-0.2, 0) is 7.05 Å². The van der Waals surface area contributed by atoms with Crippen molar-refractivity contribution in [1.29, 1.82) is 5.26 Å². The molecule has 0 aliphatic carbocycles. The Morgan fingerprint density at radius 3 is 2.67 bits per heavy atom. The van der Waals surface area contributed by atoms with Crippen molar-refractivity contribution in [3.05, 3.63) is 87.7 Å². The zero-order valence-corrected chi connectivity index (χ0v) is 19.0. The van der Waals surface area contributed by atoms with Gasteiger partial charge in [-0.15, -0.1) is 0 Å². The van der Waals surface area contributed by atoms with Crippen molar-refractivity contribution in [3.63, 3.8) is 0 Å². The first-order valence-electron chi connectivity index (χ1n) is 10.5. The number of carbonyl (C=O) groups is 1. The molecule has 0 spiro atoms. The summed E-state index contributed by atoms with van der Waals surface area (Å²) in [6, 6.07) is 8.68. The lowest BCUT2D eigenvalue weighted by molar-refractivity contribution is 0.0565. The molecule has 0 saturated carbocycles. The van der Waals surface area contributed by atoms with E-state index in [0.717, 1.165) is 17.0 Å². The number of anilines is 1. The second kappa shape index (κ2) is 9.79. The Morgan fingerprint density at radius 2 is 2.03 bits per heavy atom. The maximum Gasteiger partial charge on any atom is 0.333 e. The smallest absolute Gasteiger partial charge is 0.333 e. The number of alkyl halides is 2. The van der Waals surface area contributed by atoms with Gasteiger partial charge in [-0.05, 0) is 17.2 Å². The molecule has 11 nitrogen and oxygen atoms in total. The highest BCUT2D eigenvalue weighted by molar-refractivity contribution is 6.04. The van der Waals surface area contributed by atoms with Crippen LogP contribution in [0.2, 0.25) is 0 Å². The molecule has 4 rings (SSSR count). The molecule has 36 heavy (non-hydrogen) atoms. The molecule has 13 heteroatoms. The van der Waals surface area contributed by atoms with E-state index in [2.05, 4.69) is 31.1 Å². The molecule has 0 aliphatic rings. The summed E-state index contributed by atoms with van der Waals surface area (Å²) in [5, 5.41) is 29.6. The highest BCUT2D eigenvalue weighted by atomic mass is 19.3. The topological polar surface area (TPSA) is 152 Å². The van der Waals surface area contributed by atoms with Crippen LogP contribution in [0.4, 0.5) is 14.5 Å². The molecule has 0 bridgehead atoms. The zero-order chi connectivity index (χ0) is 26.0. The van der Waals surface area contributed by atoms with Crippen molar-refractivity contribution in [2.45, 2.75) is 25.3 Å². The molecule has 4 aromatic rings. The van der Waals surface area contributed by atoms with Gasteiger partial charge >= 0.3 is 6.55 Å². The molecule has 2 N–H and O–H groups in total. The minimum absolute atomic E-state index is 0.0656. The first-order chi connectivity index (χ1) is 17.2. The number of aromatic nitrogens is 5. The second-order valence-corrected chi connectivity index (χ2v) is 7.90. The molecule has 3 aromatic heterocycles. The number of carbonyl (C=O) groups excluding carboxylic acids is 1. The Kier molecular flexibility index (Phi) is 6.60. The van der Waals surface area contributed by atoms with E-state index in [4.69, 9.17) is 0 Å². The average Bonchev–Trinajstić information content (AvgIpc) is 3.56. The third-order valence-electron chi connectivity index (χ3n) is 5.71. The number of nitrogens with zero attached hydrogens (tertiary/aromatic N) is 6. The fourth-order valence-corrected chi connectivity index (χ4v) is 4.01. The van der Waals surface area contributed by atoms with Crippen molar-refractivity contribution in [1.82, 2.24) is 24.5 Å². The van der Waals surface area contributed by atoms with Crippen LogP contribution in [0, 0.1) is 11.3 Å². The summed E-state index contributed by atoms with van der Waals surface area (Å²) in [5.41, 5.74) is -0.151. The standard InChI is InChI=1S/C23H19F2N7O4/c1-12(17(14-8-27-32(10-14)23(24)25)16-6-4-3-5-13(16)7-26)20-30-18(19(33)22(35)31(20)2)21(34)29-15-9-28-36-11-15/h3-6,8-12,17,23,33H,1-2H3,(H,29,34)/t12-,17-/m0/s1. The number of amides is 1. The van der Waals surface area contributed by atoms with Gasteiger partial charge in [0.05, 0.1) is 24.0 Å². The molecule has 1 amide bonds. The predicted molar refractivity (Wildman–Crippen MR) is 120 cm³/mol. The van der Waals surface area contributed by atoms with Crippen LogP contribution in [0.15, 0.2) is 58.4 Å². The molecule has 184 valence electrons. The summed E-state index contributed by atoms with van der Waals surface area (Å²) in [5.74, 6) is -3.20. The summed E-state index contributed by atoms with van der Waals surface area (Å²) in [6.07, 6.45) is 4.77. The molecule has 0 saturated heterocycles. The fraction of sp³-hybridized carbons (Fsp3) is 0.217. The van der Waals surface area contributed by atoms with E-state index in [9.17, 15) is 28.7 Å². The van der Waals surface area contributed by atoms with Gasteiger partial charge in [-0.1, -0.05) is 30.3 Å². The van der Waals surface area contributed by atoms with Crippen LogP contribution in [-0.4, -0.2) is 35.5 Å². The van der Waals surface area contributed by atoms with Crippen LogP contribution < -0.4 is 10.9 Å². The lowest BCUT2D eigenvalue weighted by Gasteiger charge is -2.26. The van der Waals surface area contributed by atoms with Gasteiger partial charge in [0.15, 0.2) is 5.69 Å². The van der Waals surface area contributed by atoms with Gasteiger partial charge in [-0.2, -0.15) is 19.1 Å². The minimum Gasteiger partial charge on any atom is -0.501 e. The van der Waals surface area contributed by atoms with E-state index in [-0.39, 0.29) is 17.1 Å². The maximum atomic E-state index is 13.3. The minimum atomic E-state index is -2.88. The lowest BCUT2D eigenvalue weighted by Crippen LogP contribution is -2.29. The lowest BCUT2D eigenvalue weighted by atomic mass is 9.80. The van der Waals surface area contributed by atoms with Crippen molar-refractivity contribution < 1.29 is 23.2 Å². The molecule has 0 fully saturated rings. The normalized spacial score (nSPS) is 12.8. The van der Waals surface area contributed by atoms with E-state index in [1.807, 2.05) is 0 Å². The fourth-order valence-electron chi connectivity index (χ4n) is 4.01. The van der Waals surface area contributed by atoms with Gasteiger partial charge in [-0.3, -0.25) is 14.2 Å². The SMILES string of the molecule is C[C@H](c1nc(C(=O)Nc2cnoc2)c(O)c(=O)n1C)[C@@H](c1cnn(C(F)F)c1)c1ccccc1C#N. The van der Waals surface area contributed by atoms with E-state index in [0.29, 0.717) is 15.8 Å². The van der Waals surface area contributed by atoms with Crippen molar-refractivity contribution in [2.75, 3.05) is 5.32 Å². The van der Waals surface area contributed by atoms with Gasteiger partial charge in [0.25, 0.3) is 11.5 Å². The highest BCUT2D eigenvalue weighted by Gasteiger charge is 2.31. The molecule has 0 radical (unpaired) electrons. The zero-order valence-electron chi connectivity index (χ0n) is 19.0. The summed E-state index contributed by atoms with van der Waals surface area (Å²) in [4.78, 5) is 29.9. The van der Waals surface area contributed by atoms with E-state index >= 15 is 0 Å². The largest absolute Gasteiger partial charge is 0.501 e. The number of nitriles is 1. The number of rotatable bonds is 7. The summed E-state index contributed by atoms with van der Waals surface area (Å²) in [7, 11) is 1.36. The molecular weight excluding hydrogens is 476 g/mol. The van der Waals surface area contributed by atoms with Crippen molar-refractivity contribution in [3.8, 4) is 11.8 Å². The summed E-state index contributed by atoms with van der Waals surface area (Å²) in [6.45, 7) is -1.22. The first kappa shape index (κ1) is 24.3. The van der Waals surface area contributed by atoms with Crippen LogP contribution in [0.3, 0.4) is 0 Å². The quantitative estimate of drug-likeness (QED) is 0.397. The number of nitrogens with one attached hydrogen (secondary N) is 1. The average molecular weight is 495 g/mol. The second-order valence-electron chi connectivity index (χ2n) is 7.90. The van der Waals surface area contributed by atoms with Gasteiger partial charge < -0.3 is 14.9 Å². The van der Waals surface area contributed by atoms with Gasteiger partial charge in [-0.25, -0.2) is 9.67 Å². The number of aromatic hydroxyl groups is 1. The Bertz CT molecular complexity index is 1510. The number of halogens is 2. The first-order valence-corrected chi connectivity index (χ1v) is 10.5. The molecule has 2 atom stereocenters. The summed E-state index contributed by atoms with van der Waals surface area (Å²) >= 11 is 0. The summed E-state index contributed by atoms with van der Waals surface area (Å²) < 4.78 is 32.8. The van der Waals surface area contributed by atoms with Crippen LogP contribution in [0.5, 0.6) is 5.75 Å². The van der Waals surface area contributed by atoms with Crippen LogP contribution in [0.1, 0.15) is 58.3 Å². The van der Waals surface area contributed by atoms with Crippen molar-refractivity contribution in [2.24, 2.45) is 7.05 Å². The number of hydrogen-bond acceptors (Lipinski definition) is 8. The van der Waals surface area contributed by atoms with Crippen molar-refractivity contribution >= 4 is 11.6 Å².